The van der Waals surface area contributed by atoms with E-state index in [1.54, 1.807) is 0 Å². The SMILES string of the molecule is CCCC[C@H](O)[C@H]1OC(=O)C=C(OC)[C@H]1O. The van der Waals surface area contributed by atoms with Crippen LogP contribution in [-0.4, -0.2) is 41.6 Å². The quantitative estimate of drug-likeness (QED) is 0.667. The Labute approximate surface area is 94.7 Å². The Kier molecular flexibility index (Phi) is 4.76. The highest BCUT2D eigenvalue weighted by atomic mass is 16.6. The zero-order valence-corrected chi connectivity index (χ0v) is 9.55. The summed E-state index contributed by atoms with van der Waals surface area (Å²) in [4.78, 5) is 11.2. The minimum Gasteiger partial charge on any atom is -0.498 e. The second kappa shape index (κ2) is 5.86. The van der Waals surface area contributed by atoms with Gasteiger partial charge in [0.05, 0.1) is 19.3 Å². The fourth-order valence-electron chi connectivity index (χ4n) is 1.64. The van der Waals surface area contributed by atoms with E-state index >= 15 is 0 Å². The summed E-state index contributed by atoms with van der Waals surface area (Å²) in [5.74, 6) is -0.459. The second-order valence-corrected chi connectivity index (χ2v) is 3.81. The van der Waals surface area contributed by atoms with E-state index in [9.17, 15) is 15.0 Å². The third-order valence-electron chi connectivity index (χ3n) is 2.58. The number of carbonyl (C=O) groups is 1. The molecule has 1 heterocycles. The van der Waals surface area contributed by atoms with E-state index in [1.165, 1.54) is 7.11 Å². The maximum Gasteiger partial charge on any atom is 0.334 e. The summed E-state index contributed by atoms with van der Waals surface area (Å²) in [7, 11) is 1.36. The first-order chi connectivity index (χ1) is 7.60. The molecule has 92 valence electrons. The Hall–Kier alpha value is -1.07. The molecule has 0 saturated carbocycles. The van der Waals surface area contributed by atoms with Crippen molar-refractivity contribution in [3.8, 4) is 0 Å². The number of aliphatic hydroxyl groups excluding tert-OH is 2. The summed E-state index contributed by atoms with van der Waals surface area (Å²) in [5, 5.41) is 19.6. The van der Waals surface area contributed by atoms with Crippen LogP contribution in [0.15, 0.2) is 11.8 Å². The summed E-state index contributed by atoms with van der Waals surface area (Å²) in [6.45, 7) is 2.00. The molecule has 0 saturated heterocycles. The van der Waals surface area contributed by atoms with E-state index in [2.05, 4.69) is 0 Å². The van der Waals surface area contributed by atoms with Crippen molar-refractivity contribution in [2.75, 3.05) is 7.11 Å². The maximum atomic E-state index is 11.2. The molecule has 0 amide bonds. The highest BCUT2D eigenvalue weighted by Gasteiger charge is 2.36. The van der Waals surface area contributed by atoms with Crippen LogP contribution in [0.5, 0.6) is 0 Å². The molecule has 0 spiro atoms. The average molecular weight is 230 g/mol. The van der Waals surface area contributed by atoms with Crippen LogP contribution in [0.3, 0.4) is 0 Å². The normalized spacial score (nSPS) is 27.0. The van der Waals surface area contributed by atoms with Crippen molar-refractivity contribution in [2.24, 2.45) is 0 Å². The van der Waals surface area contributed by atoms with Crippen LogP contribution in [0, 0.1) is 0 Å². The van der Waals surface area contributed by atoms with Gasteiger partial charge in [0.1, 0.15) is 5.76 Å². The van der Waals surface area contributed by atoms with Gasteiger partial charge in [-0.05, 0) is 6.42 Å². The minimum atomic E-state index is -1.09. The fourth-order valence-corrected chi connectivity index (χ4v) is 1.64. The molecule has 5 heteroatoms. The van der Waals surface area contributed by atoms with Gasteiger partial charge in [-0.3, -0.25) is 0 Å². The standard InChI is InChI=1S/C11H18O5/c1-3-4-5-7(12)11-10(14)8(15-2)6-9(13)16-11/h6-7,10-12,14H,3-5H2,1-2H3/t7-,10+,11+/m0/s1. The van der Waals surface area contributed by atoms with Gasteiger partial charge in [-0.1, -0.05) is 19.8 Å². The zero-order chi connectivity index (χ0) is 12.1. The number of ether oxygens (including phenoxy) is 2. The molecule has 0 aliphatic carbocycles. The summed E-state index contributed by atoms with van der Waals surface area (Å²) in [5.41, 5.74) is 0. The lowest BCUT2D eigenvalue weighted by Crippen LogP contribution is -2.45. The van der Waals surface area contributed by atoms with E-state index in [4.69, 9.17) is 9.47 Å². The summed E-state index contributed by atoms with van der Waals surface area (Å²) in [6.07, 6.45) is 0.441. The molecule has 1 aliphatic rings. The van der Waals surface area contributed by atoms with Crippen molar-refractivity contribution < 1.29 is 24.5 Å². The molecule has 16 heavy (non-hydrogen) atoms. The molecular formula is C11H18O5. The van der Waals surface area contributed by atoms with Gasteiger partial charge in [-0.25, -0.2) is 4.79 Å². The molecule has 0 bridgehead atoms. The highest BCUT2D eigenvalue weighted by Crippen LogP contribution is 2.21. The van der Waals surface area contributed by atoms with Crippen molar-refractivity contribution in [1.82, 2.24) is 0 Å². The lowest BCUT2D eigenvalue weighted by Gasteiger charge is -2.30. The first-order valence-corrected chi connectivity index (χ1v) is 5.42. The lowest BCUT2D eigenvalue weighted by molar-refractivity contribution is -0.163. The molecule has 0 unspecified atom stereocenters. The molecule has 0 fully saturated rings. The second-order valence-electron chi connectivity index (χ2n) is 3.81. The van der Waals surface area contributed by atoms with Crippen LogP contribution < -0.4 is 0 Å². The van der Waals surface area contributed by atoms with Gasteiger partial charge in [0.25, 0.3) is 0 Å². The average Bonchev–Trinajstić information content (AvgIpc) is 2.28. The Balaban J connectivity index is 2.67. The monoisotopic (exact) mass is 230 g/mol. The predicted octanol–water partition coefficient (Wildman–Crippen LogP) is 0.354. The van der Waals surface area contributed by atoms with Crippen LogP contribution in [0.1, 0.15) is 26.2 Å². The van der Waals surface area contributed by atoms with Gasteiger partial charge in [0.2, 0.25) is 0 Å². The third kappa shape index (κ3) is 2.96. The van der Waals surface area contributed by atoms with E-state index < -0.39 is 24.3 Å². The number of rotatable bonds is 5. The van der Waals surface area contributed by atoms with Crippen LogP contribution in [0.4, 0.5) is 0 Å². The summed E-state index contributed by atoms with van der Waals surface area (Å²) < 4.78 is 9.75. The van der Waals surface area contributed by atoms with Crippen molar-refractivity contribution in [3.63, 3.8) is 0 Å². The number of cyclic esters (lactones) is 1. The topological polar surface area (TPSA) is 76.0 Å². The number of unbranched alkanes of at least 4 members (excludes halogenated alkanes) is 1. The van der Waals surface area contributed by atoms with Crippen molar-refractivity contribution >= 4 is 5.97 Å². The lowest BCUT2D eigenvalue weighted by atomic mass is 9.99. The van der Waals surface area contributed by atoms with Crippen molar-refractivity contribution in [2.45, 2.75) is 44.5 Å². The minimum absolute atomic E-state index is 0.136. The van der Waals surface area contributed by atoms with Crippen LogP contribution >= 0.6 is 0 Å². The smallest absolute Gasteiger partial charge is 0.334 e. The van der Waals surface area contributed by atoms with Gasteiger partial charge in [0.15, 0.2) is 12.2 Å². The van der Waals surface area contributed by atoms with Crippen LogP contribution in [0.2, 0.25) is 0 Å². The highest BCUT2D eigenvalue weighted by molar-refractivity contribution is 5.83. The zero-order valence-electron chi connectivity index (χ0n) is 9.55. The molecule has 2 N–H and O–H groups in total. The molecule has 1 rings (SSSR count). The Morgan fingerprint density at radius 2 is 2.31 bits per heavy atom. The predicted molar refractivity (Wildman–Crippen MR) is 56.5 cm³/mol. The van der Waals surface area contributed by atoms with Crippen LogP contribution in [-0.2, 0) is 14.3 Å². The van der Waals surface area contributed by atoms with E-state index in [1.807, 2.05) is 6.92 Å². The molecule has 0 aromatic heterocycles. The molecule has 5 nitrogen and oxygen atoms in total. The first kappa shape index (κ1) is 13.0. The summed E-state index contributed by atoms with van der Waals surface area (Å²) >= 11 is 0. The number of hydrogen-bond acceptors (Lipinski definition) is 5. The van der Waals surface area contributed by atoms with E-state index in [0.717, 1.165) is 18.9 Å². The van der Waals surface area contributed by atoms with E-state index in [-0.39, 0.29) is 5.76 Å². The molecular weight excluding hydrogens is 212 g/mol. The largest absolute Gasteiger partial charge is 0.498 e. The number of hydrogen-bond donors (Lipinski definition) is 2. The fraction of sp³-hybridized carbons (Fsp3) is 0.727. The van der Waals surface area contributed by atoms with Crippen LogP contribution in [0.25, 0.3) is 0 Å². The molecule has 0 radical (unpaired) electrons. The number of methoxy groups -OCH3 is 1. The molecule has 0 aromatic rings. The third-order valence-corrected chi connectivity index (χ3v) is 2.58. The number of esters is 1. The van der Waals surface area contributed by atoms with Gasteiger partial charge in [0, 0.05) is 0 Å². The number of carbonyl (C=O) groups excluding carboxylic acids is 1. The maximum absolute atomic E-state index is 11.2. The van der Waals surface area contributed by atoms with Gasteiger partial charge in [-0.15, -0.1) is 0 Å². The Bertz CT molecular complexity index is 274. The Morgan fingerprint density at radius 3 is 2.88 bits per heavy atom. The first-order valence-electron chi connectivity index (χ1n) is 5.42. The van der Waals surface area contributed by atoms with Gasteiger partial charge in [-0.2, -0.15) is 0 Å². The molecule has 3 atom stereocenters. The van der Waals surface area contributed by atoms with E-state index in [0.29, 0.717) is 6.42 Å². The Morgan fingerprint density at radius 1 is 1.62 bits per heavy atom. The van der Waals surface area contributed by atoms with Crippen molar-refractivity contribution in [1.29, 1.82) is 0 Å². The molecule has 1 aliphatic heterocycles. The van der Waals surface area contributed by atoms with Gasteiger partial charge < -0.3 is 19.7 Å². The van der Waals surface area contributed by atoms with Gasteiger partial charge >= 0.3 is 5.97 Å². The number of aliphatic hydroxyl groups is 2. The summed E-state index contributed by atoms with van der Waals surface area (Å²) in [6, 6.07) is 0. The molecule has 0 aromatic carbocycles. The van der Waals surface area contributed by atoms with Crippen molar-refractivity contribution in [3.05, 3.63) is 11.8 Å².